The van der Waals surface area contributed by atoms with Gasteiger partial charge < -0.3 is 14.8 Å². The van der Waals surface area contributed by atoms with Crippen molar-refractivity contribution in [1.29, 1.82) is 0 Å². The van der Waals surface area contributed by atoms with Crippen molar-refractivity contribution in [1.82, 2.24) is 15.1 Å². The fraction of sp³-hybridized carbons (Fsp3) is 0.733. The topological polar surface area (TPSA) is 65.4 Å². The molecule has 2 heterocycles. The van der Waals surface area contributed by atoms with E-state index >= 15 is 0 Å². The van der Waals surface area contributed by atoms with E-state index in [0.29, 0.717) is 18.2 Å². The van der Waals surface area contributed by atoms with Gasteiger partial charge in [-0.05, 0) is 39.5 Å². The summed E-state index contributed by atoms with van der Waals surface area (Å²) in [6, 6.07) is 0. The Morgan fingerprint density at radius 3 is 2.90 bits per heavy atom. The number of ether oxygens (including phenoxy) is 2. The lowest BCUT2D eigenvalue weighted by Crippen LogP contribution is -2.36. The van der Waals surface area contributed by atoms with Crippen molar-refractivity contribution in [3.63, 3.8) is 0 Å². The Labute approximate surface area is 125 Å². The van der Waals surface area contributed by atoms with E-state index in [1.165, 1.54) is 0 Å². The maximum atomic E-state index is 11.9. The number of carbonyl (C=O) groups is 1. The van der Waals surface area contributed by atoms with Crippen LogP contribution in [0.4, 0.5) is 0 Å². The van der Waals surface area contributed by atoms with Gasteiger partial charge in [0.25, 0.3) is 5.91 Å². The molecular formula is C15H25N3O3. The molecule has 0 saturated carbocycles. The number of carbonyl (C=O) groups excluding carboxylic acids is 1. The van der Waals surface area contributed by atoms with Crippen LogP contribution in [-0.2, 0) is 16.6 Å². The first-order chi connectivity index (χ1) is 9.97. The van der Waals surface area contributed by atoms with Crippen molar-refractivity contribution < 1.29 is 14.3 Å². The molecule has 1 aliphatic heterocycles. The third kappa shape index (κ3) is 4.20. The zero-order valence-electron chi connectivity index (χ0n) is 13.3. The first-order valence-electron chi connectivity index (χ1n) is 7.48. The molecule has 0 spiro atoms. The van der Waals surface area contributed by atoms with Crippen LogP contribution < -0.4 is 10.1 Å². The quantitative estimate of drug-likeness (QED) is 0.890. The Balaban J connectivity index is 1.74. The van der Waals surface area contributed by atoms with E-state index in [1.54, 1.807) is 4.68 Å². The smallest absolute Gasteiger partial charge is 0.257 e. The van der Waals surface area contributed by atoms with Crippen molar-refractivity contribution in [2.75, 3.05) is 19.8 Å². The molecule has 1 aliphatic rings. The normalized spacial score (nSPS) is 22.1. The van der Waals surface area contributed by atoms with Gasteiger partial charge in [-0.2, -0.15) is 5.10 Å². The Hall–Kier alpha value is -1.56. The molecule has 0 unspecified atom stereocenters. The number of aromatic nitrogens is 2. The van der Waals surface area contributed by atoms with Crippen LogP contribution in [0.3, 0.4) is 0 Å². The largest absolute Gasteiger partial charge is 0.480 e. The molecule has 1 saturated heterocycles. The summed E-state index contributed by atoms with van der Waals surface area (Å²) in [5, 5.41) is 7.20. The summed E-state index contributed by atoms with van der Waals surface area (Å²) in [4.78, 5) is 11.9. The summed E-state index contributed by atoms with van der Waals surface area (Å²) in [6.07, 6.45) is 2.30. The van der Waals surface area contributed by atoms with Gasteiger partial charge in [-0.1, -0.05) is 0 Å². The average molecular weight is 295 g/mol. The van der Waals surface area contributed by atoms with Crippen LogP contribution in [-0.4, -0.2) is 41.6 Å². The van der Waals surface area contributed by atoms with Crippen LogP contribution in [0.15, 0.2) is 0 Å². The lowest BCUT2D eigenvalue weighted by molar-refractivity contribution is -0.123. The van der Waals surface area contributed by atoms with Crippen molar-refractivity contribution in [3.05, 3.63) is 11.4 Å². The summed E-state index contributed by atoms with van der Waals surface area (Å²) >= 11 is 0. The van der Waals surface area contributed by atoms with Gasteiger partial charge in [-0.15, -0.1) is 0 Å². The number of rotatable bonds is 5. The number of amides is 1. The van der Waals surface area contributed by atoms with Crippen LogP contribution in [0, 0.1) is 19.8 Å². The fourth-order valence-corrected chi connectivity index (χ4v) is 2.69. The number of nitrogens with one attached hydrogen (secondary N) is 1. The number of hydrogen-bond donors (Lipinski definition) is 1. The van der Waals surface area contributed by atoms with Gasteiger partial charge in [0.1, 0.15) is 5.69 Å². The molecule has 0 bridgehead atoms. The molecule has 1 fully saturated rings. The van der Waals surface area contributed by atoms with Crippen molar-refractivity contribution >= 4 is 5.91 Å². The van der Waals surface area contributed by atoms with Crippen LogP contribution in [0.1, 0.15) is 31.2 Å². The molecule has 1 aromatic heterocycles. The molecular weight excluding hydrogens is 270 g/mol. The SMILES string of the molecule is Cc1nn(C)c(C)c1OCC(=O)NC[C@@H]1CCO[C@H](C)C1. The molecule has 6 heteroatoms. The van der Waals surface area contributed by atoms with Crippen LogP contribution >= 0.6 is 0 Å². The molecule has 0 radical (unpaired) electrons. The van der Waals surface area contributed by atoms with Gasteiger partial charge in [0, 0.05) is 20.2 Å². The third-order valence-corrected chi connectivity index (χ3v) is 3.97. The second-order valence-corrected chi connectivity index (χ2v) is 5.79. The zero-order chi connectivity index (χ0) is 15.4. The monoisotopic (exact) mass is 295 g/mol. The Kier molecular flexibility index (Phi) is 5.22. The maximum absolute atomic E-state index is 11.9. The van der Waals surface area contributed by atoms with E-state index < -0.39 is 0 Å². The Morgan fingerprint density at radius 2 is 2.29 bits per heavy atom. The molecule has 0 aromatic carbocycles. The fourth-order valence-electron chi connectivity index (χ4n) is 2.69. The van der Waals surface area contributed by atoms with Gasteiger partial charge >= 0.3 is 0 Å². The van der Waals surface area contributed by atoms with E-state index in [-0.39, 0.29) is 18.6 Å². The number of nitrogens with zero attached hydrogens (tertiary/aromatic N) is 2. The first kappa shape index (κ1) is 15.8. The van der Waals surface area contributed by atoms with E-state index in [2.05, 4.69) is 17.3 Å². The van der Waals surface area contributed by atoms with Crippen LogP contribution in [0.2, 0.25) is 0 Å². The standard InChI is InChI=1S/C15H25N3O3/c1-10-7-13(5-6-20-10)8-16-14(19)9-21-15-11(2)17-18(4)12(15)3/h10,13H,5-9H2,1-4H3,(H,16,19)/t10-,13-/m1/s1. The second kappa shape index (κ2) is 6.93. The van der Waals surface area contributed by atoms with Crippen LogP contribution in [0.5, 0.6) is 5.75 Å². The van der Waals surface area contributed by atoms with Gasteiger partial charge in [-0.25, -0.2) is 0 Å². The highest BCUT2D eigenvalue weighted by Crippen LogP contribution is 2.21. The van der Waals surface area contributed by atoms with Gasteiger partial charge in [0.15, 0.2) is 12.4 Å². The predicted molar refractivity (Wildman–Crippen MR) is 79.3 cm³/mol. The van der Waals surface area contributed by atoms with Crippen LogP contribution in [0.25, 0.3) is 0 Å². The molecule has 1 amide bonds. The van der Waals surface area contributed by atoms with Gasteiger partial charge in [0.2, 0.25) is 0 Å². The lowest BCUT2D eigenvalue weighted by Gasteiger charge is -2.27. The summed E-state index contributed by atoms with van der Waals surface area (Å²) < 4.78 is 12.8. The van der Waals surface area contributed by atoms with E-state index in [1.807, 2.05) is 20.9 Å². The predicted octanol–water partition coefficient (Wildman–Crippen LogP) is 1.35. The van der Waals surface area contributed by atoms with Crippen molar-refractivity contribution in [2.45, 2.75) is 39.7 Å². The van der Waals surface area contributed by atoms with Crippen molar-refractivity contribution in [2.24, 2.45) is 13.0 Å². The molecule has 2 atom stereocenters. The van der Waals surface area contributed by atoms with Gasteiger partial charge in [0.05, 0.1) is 11.8 Å². The Morgan fingerprint density at radius 1 is 1.52 bits per heavy atom. The minimum atomic E-state index is -0.0863. The molecule has 118 valence electrons. The maximum Gasteiger partial charge on any atom is 0.257 e. The summed E-state index contributed by atoms with van der Waals surface area (Å²) in [5.74, 6) is 1.11. The molecule has 1 N–H and O–H groups in total. The zero-order valence-corrected chi connectivity index (χ0v) is 13.3. The highest BCUT2D eigenvalue weighted by atomic mass is 16.5. The molecule has 6 nitrogen and oxygen atoms in total. The molecule has 2 rings (SSSR count). The summed E-state index contributed by atoms with van der Waals surface area (Å²) in [5.41, 5.74) is 1.74. The molecule has 1 aromatic rings. The number of hydrogen-bond acceptors (Lipinski definition) is 4. The van der Waals surface area contributed by atoms with E-state index in [4.69, 9.17) is 9.47 Å². The highest BCUT2D eigenvalue weighted by Gasteiger charge is 2.20. The average Bonchev–Trinajstić information content (AvgIpc) is 2.68. The highest BCUT2D eigenvalue weighted by molar-refractivity contribution is 5.77. The van der Waals surface area contributed by atoms with Gasteiger partial charge in [-0.3, -0.25) is 9.48 Å². The van der Waals surface area contributed by atoms with E-state index in [9.17, 15) is 4.79 Å². The summed E-state index contributed by atoms with van der Waals surface area (Å²) in [6.45, 7) is 7.39. The lowest BCUT2D eigenvalue weighted by atomic mass is 9.96. The first-order valence-corrected chi connectivity index (χ1v) is 7.48. The third-order valence-electron chi connectivity index (χ3n) is 3.97. The van der Waals surface area contributed by atoms with E-state index in [0.717, 1.165) is 30.8 Å². The summed E-state index contributed by atoms with van der Waals surface area (Å²) in [7, 11) is 1.86. The number of aryl methyl sites for hydroxylation is 2. The Bertz CT molecular complexity index is 499. The minimum Gasteiger partial charge on any atom is -0.480 e. The van der Waals surface area contributed by atoms with Crippen molar-refractivity contribution in [3.8, 4) is 5.75 Å². The minimum absolute atomic E-state index is 0.0339. The second-order valence-electron chi connectivity index (χ2n) is 5.79. The molecule has 21 heavy (non-hydrogen) atoms. The molecule has 0 aliphatic carbocycles.